The summed E-state index contributed by atoms with van der Waals surface area (Å²) in [6.45, 7) is 3.19. The van der Waals surface area contributed by atoms with Crippen LogP contribution in [0.4, 0.5) is 0 Å². The number of hydrogen-bond donors (Lipinski definition) is 14. The molecule has 12 atom stereocenters. The van der Waals surface area contributed by atoms with Crippen molar-refractivity contribution in [2.75, 3.05) is 58.2 Å². The predicted molar refractivity (Wildman–Crippen MR) is 303 cm³/mol. The molecular formula is C55H77N13O17S. The van der Waals surface area contributed by atoms with Gasteiger partial charge < -0.3 is 78.6 Å². The quantitative estimate of drug-likeness (QED) is 0.0519. The van der Waals surface area contributed by atoms with Gasteiger partial charge in [0, 0.05) is 81.0 Å². The maximum absolute atomic E-state index is 15.3. The number of aromatic hydroxyl groups is 1. The van der Waals surface area contributed by atoms with Crippen LogP contribution in [0.2, 0.25) is 0 Å². The third kappa shape index (κ3) is 16.3. The SMILES string of the molecule is CC[C@H](C)[C@@H]1NC(=O)CNC(=O)[C@H]2Cc3c([nH]c4c(CN5CC[C@@H](CNC(=O)CCCCCN6C(=O)C=CC6=O)C5)c(O)ccc34)S(=O)C[C@@H](NC(=O)CNC1=O)C(=O)N[C@@H](CC(N)=O)C(=O)N1C[C@H](O)C[C@H]1C(=O)N[C@@H]([C@H](C)[C@H](O)CO)C(=O)N2. The van der Waals surface area contributed by atoms with E-state index in [4.69, 9.17) is 5.73 Å². The molecule has 0 spiro atoms. The lowest BCUT2D eigenvalue weighted by Crippen LogP contribution is -2.62. The zero-order chi connectivity index (χ0) is 62.7. The molecule has 1 aromatic carbocycles. The minimum atomic E-state index is -2.50. The number of primary amides is 1. The van der Waals surface area contributed by atoms with Crippen LogP contribution < -0.4 is 48.3 Å². The molecule has 2 fully saturated rings. The van der Waals surface area contributed by atoms with Crippen LogP contribution in [-0.2, 0) is 81.3 Å². The van der Waals surface area contributed by atoms with E-state index < -0.39 is 176 Å². The van der Waals surface area contributed by atoms with Gasteiger partial charge in [-0.1, -0.05) is 33.6 Å². The molecule has 31 heteroatoms. The molecule has 470 valence electrons. The van der Waals surface area contributed by atoms with Gasteiger partial charge in [-0.15, -0.1) is 0 Å². The molecule has 0 radical (unpaired) electrons. The van der Waals surface area contributed by atoms with Crippen LogP contribution in [0.25, 0.3) is 10.9 Å². The molecule has 30 nitrogen and oxygen atoms in total. The second kappa shape index (κ2) is 29.5. The van der Waals surface area contributed by atoms with E-state index in [1.54, 1.807) is 13.8 Å². The number of aliphatic hydroxyl groups is 3. The fourth-order valence-electron chi connectivity index (χ4n) is 11.2. The Kier molecular flexibility index (Phi) is 22.5. The minimum Gasteiger partial charge on any atom is -0.508 e. The van der Waals surface area contributed by atoms with E-state index in [0.717, 1.165) is 9.80 Å². The van der Waals surface area contributed by atoms with Crippen molar-refractivity contribution in [3.05, 3.63) is 35.4 Å². The summed E-state index contributed by atoms with van der Waals surface area (Å²) in [7, 11) is -2.50. The Hall–Kier alpha value is -7.87. The molecule has 5 aliphatic heterocycles. The average Bonchev–Trinajstić information content (AvgIpc) is 2.06. The molecule has 1 aromatic heterocycles. The van der Waals surface area contributed by atoms with Gasteiger partial charge in [-0.25, -0.2) is 0 Å². The molecule has 2 aromatic rings. The first-order chi connectivity index (χ1) is 40.9. The van der Waals surface area contributed by atoms with Gasteiger partial charge in [0.15, 0.2) is 0 Å². The van der Waals surface area contributed by atoms with Crippen molar-refractivity contribution in [2.24, 2.45) is 23.5 Å². The summed E-state index contributed by atoms with van der Waals surface area (Å²) in [6.07, 6.45) is 0.318. The first-order valence-corrected chi connectivity index (χ1v) is 30.1. The van der Waals surface area contributed by atoms with E-state index in [2.05, 4.69) is 47.5 Å². The number of nitrogens with two attached hydrogens (primary N) is 1. The Balaban J connectivity index is 1.27. The van der Waals surface area contributed by atoms with E-state index in [1.165, 1.54) is 31.2 Å². The molecule has 1 unspecified atom stereocenters. The highest BCUT2D eigenvalue weighted by Crippen LogP contribution is 2.35. The highest BCUT2D eigenvalue weighted by Gasteiger charge is 2.45. The van der Waals surface area contributed by atoms with E-state index in [0.29, 0.717) is 51.7 Å². The third-order valence-electron chi connectivity index (χ3n) is 16.3. The largest absolute Gasteiger partial charge is 0.508 e. The fraction of sp³-hybridized carbons (Fsp3) is 0.600. The zero-order valence-electron chi connectivity index (χ0n) is 48.0. The third-order valence-corrected chi connectivity index (χ3v) is 17.8. The molecule has 0 saturated carbocycles. The molecule has 6 heterocycles. The molecule has 86 heavy (non-hydrogen) atoms. The van der Waals surface area contributed by atoms with Crippen LogP contribution in [0.1, 0.15) is 83.3 Å². The highest BCUT2D eigenvalue weighted by molar-refractivity contribution is 7.85. The van der Waals surface area contributed by atoms with E-state index in [1.807, 2.05) is 4.90 Å². The van der Waals surface area contributed by atoms with Gasteiger partial charge in [-0.3, -0.25) is 71.5 Å². The summed E-state index contributed by atoms with van der Waals surface area (Å²) >= 11 is 0. The summed E-state index contributed by atoms with van der Waals surface area (Å²) in [5.41, 5.74) is 6.07. The van der Waals surface area contributed by atoms with Crippen LogP contribution in [-0.4, -0.2) is 222 Å². The lowest BCUT2D eigenvalue weighted by molar-refractivity contribution is -0.144. The number of amides is 12. The maximum Gasteiger partial charge on any atom is 0.253 e. The summed E-state index contributed by atoms with van der Waals surface area (Å²) in [6, 6.07) is -7.51. The number of aliphatic hydroxyl groups excluding tert-OH is 3. The number of H-pyrrole nitrogens is 1. The first-order valence-electron chi connectivity index (χ1n) is 28.7. The van der Waals surface area contributed by atoms with Crippen LogP contribution in [0, 0.1) is 17.8 Å². The van der Waals surface area contributed by atoms with Crippen LogP contribution >= 0.6 is 0 Å². The minimum absolute atomic E-state index is 0.0231. The van der Waals surface area contributed by atoms with E-state index in [-0.39, 0.29) is 76.0 Å². The van der Waals surface area contributed by atoms with Crippen LogP contribution in [0.3, 0.4) is 0 Å². The Bertz CT molecular complexity index is 3010. The van der Waals surface area contributed by atoms with E-state index >= 15 is 4.21 Å². The molecular weight excluding hydrogens is 1150 g/mol. The molecule has 5 aliphatic rings. The number of rotatable bonds is 17. The summed E-state index contributed by atoms with van der Waals surface area (Å²) < 4.78 is 15.3. The molecule has 15 N–H and O–H groups in total. The summed E-state index contributed by atoms with van der Waals surface area (Å²) in [5, 5.41) is 63.9. The number of carbonyl (C=O) groups excluding carboxylic acids is 12. The highest BCUT2D eigenvalue weighted by atomic mass is 32.2. The molecule has 2 bridgehead atoms. The van der Waals surface area contributed by atoms with Crippen LogP contribution in [0.5, 0.6) is 5.75 Å². The number of aromatic nitrogens is 1. The number of aromatic amines is 1. The van der Waals surface area contributed by atoms with E-state index in [9.17, 15) is 78.0 Å². The number of phenols is 1. The Morgan fingerprint density at radius 1 is 0.826 bits per heavy atom. The molecule has 2 saturated heterocycles. The smallest absolute Gasteiger partial charge is 0.253 e. The number of nitrogens with zero attached hydrogens (tertiary/aromatic N) is 3. The first kappa shape index (κ1) is 65.7. The van der Waals surface area contributed by atoms with Gasteiger partial charge in [0.25, 0.3) is 11.8 Å². The number of imide groups is 1. The molecule has 7 rings (SSSR count). The normalized spacial score (nSPS) is 27.0. The van der Waals surface area contributed by atoms with Gasteiger partial charge in [-0.05, 0) is 55.3 Å². The number of unbranched alkanes of at least 4 members (excludes halogenated alkanes) is 2. The number of phenolic OH excluding ortho intramolecular Hbond substituents is 1. The number of fused-ring (bicyclic) bond motifs is 5. The van der Waals surface area contributed by atoms with Crippen molar-refractivity contribution in [3.8, 4) is 5.75 Å². The number of likely N-dealkylation sites (tertiary alicyclic amines) is 1. The fourth-order valence-corrected chi connectivity index (χ4v) is 12.6. The number of carbonyl (C=O) groups is 12. The maximum atomic E-state index is 15.3. The average molecular weight is 1220 g/mol. The van der Waals surface area contributed by atoms with Crippen molar-refractivity contribution in [2.45, 2.75) is 139 Å². The van der Waals surface area contributed by atoms with Gasteiger partial charge in [0.05, 0.1) is 60.4 Å². The van der Waals surface area contributed by atoms with Gasteiger partial charge in [-0.2, -0.15) is 0 Å². The Morgan fingerprint density at radius 2 is 1.52 bits per heavy atom. The molecule has 0 aliphatic carbocycles. The topological polar surface area (TPSA) is 451 Å². The van der Waals surface area contributed by atoms with Crippen molar-refractivity contribution >= 4 is 92.6 Å². The number of hydrogen-bond acceptors (Lipinski definition) is 18. The van der Waals surface area contributed by atoms with Crippen molar-refractivity contribution < 1.29 is 82.2 Å². The van der Waals surface area contributed by atoms with Crippen molar-refractivity contribution in [1.29, 1.82) is 0 Å². The predicted octanol–water partition coefficient (Wildman–Crippen LogP) is -5.50. The van der Waals surface area contributed by atoms with Crippen molar-refractivity contribution in [1.82, 2.24) is 62.2 Å². The monoisotopic (exact) mass is 1220 g/mol. The number of nitrogens with one attached hydrogen (secondary N) is 9. The standard InChI is InChI=1S/C55H77N13O17S/c1-4-27(2)46-52(82)59-20-42(75)60-36-26-86(85)54-32(31-9-10-38(71)33(48(31)65-54)24-66-15-13-29(22-66)19-57-41(74)8-6-5-7-14-67-44(77)11-12-45(67)78)17-34(49(79)58-21-43(76)63-46)61-53(83)47(28(3)39(72)25-69)64-51(81)37-16-30(70)23-68(37)55(84)35(18-40(56)73)62-50(36)80/h9-12,27-30,34-37,39,46-47,65,69-72H,4-8,13-26H2,1-3H3,(H2,56,73)(H,57,74)(H,58,79)(H,59,82)(H,60,75)(H,61,83)(H,62,80)(H,63,76)(H,64,81)/t27-,28+,29-,30+,34+,35-,36+,37-,39+,46-,47-,86?/m0/s1. The second-order valence-corrected chi connectivity index (χ2v) is 24.0. The van der Waals surface area contributed by atoms with Gasteiger partial charge in [0.1, 0.15) is 47.0 Å². The van der Waals surface area contributed by atoms with Crippen LogP contribution in [0.15, 0.2) is 29.3 Å². The molecule has 12 amide bonds. The number of benzene rings is 1. The van der Waals surface area contributed by atoms with Crippen molar-refractivity contribution in [3.63, 3.8) is 0 Å². The zero-order valence-corrected chi connectivity index (χ0v) is 48.8. The Morgan fingerprint density at radius 3 is 2.21 bits per heavy atom. The summed E-state index contributed by atoms with van der Waals surface area (Å²) in [4.78, 5) is 171. The van der Waals surface area contributed by atoms with Gasteiger partial charge in [0.2, 0.25) is 59.1 Å². The van der Waals surface area contributed by atoms with Gasteiger partial charge >= 0.3 is 0 Å². The Labute approximate surface area is 496 Å². The lowest BCUT2D eigenvalue weighted by Gasteiger charge is -2.32. The second-order valence-electron chi connectivity index (χ2n) is 22.6. The summed E-state index contributed by atoms with van der Waals surface area (Å²) in [5.74, 6) is -13.4. The lowest BCUT2D eigenvalue weighted by atomic mass is 9.93.